The summed E-state index contributed by atoms with van der Waals surface area (Å²) in [6.45, 7) is 3.20. The van der Waals surface area contributed by atoms with Crippen molar-refractivity contribution in [1.29, 1.82) is 0 Å². The normalized spacial score (nSPS) is 10.6. The van der Waals surface area contributed by atoms with Crippen LogP contribution in [0, 0.1) is 0 Å². The smallest absolute Gasteiger partial charge is 0.311 e. The number of esters is 1. The van der Waals surface area contributed by atoms with Crippen LogP contribution in [0.15, 0.2) is 46.6 Å². The fourth-order valence-electron chi connectivity index (χ4n) is 1.90. The molecule has 0 aliphatic heterocycles. The fraction of sp³-hybridized carbons (Fsp3) is 0.235. The van der Waals surface area contributed by atoms with Crippen molar-refractivity contribution in [1.82, 2.24) is 4.98 Å². The zero-order valence-corrected chi connectivity index (χ0v) is 14.0. The van der Waals surface area contributed by atoms with Crippen LogP contribution in [0.5, 0.6) is 5.75 Å². The van der Waals surface area contributed by atoms with E-state index >= 15 is 0 Å². The first-order chi connectivity index (χ1) is 12.0. The van der Waals surface area contributed by atoms with Gasteiger partial charge in [0.15, 0.2) is 17.4 Å². The highest BCUT2D eigenvalue weighted by Gasteiger charge is 2.14. The highest BCUT2D eigenvalue weighted by molar-refractivity contribution is 5.91. The van der Waals surface area contributed by atoms with E-state index in [1.165, 1.54) is 13.0 Å². The molecule has 0 aliphatic carbocycles. The lowest BCUT2D eigenvalue weighted by Gasteiger charge is -2.10. The Balaban J connectivity index is 2.37. The number of carbonyl (C=O) groups excluding carboxylic acids is 2. The van der Waals surface area contributed by atoms with Crippen molar-refractivity contribution in [2.75, 3.05) is 11.1 Å². The Bertz CT molecular complexity index is 790. The van der Waals surface area contributed by atoms with E-state index < -0.39 is 5.97 Å². The molecule has 0 unspecified atom stereocenters. The molecule has 0 bridgehead atoms. The molecule has 1 amide bonds. The number of carbonyl (C=O) groups is 2. The highest BCUT2D eigenvalue weighted by atomic mass is 16.5. The number of amides is 1. The number of ether oxygens (including phenoxy) is 1. The van der Waals surface area contributed by atoms with Crippen LogP contribution in [0.4, 0.5) is 23.0 Å². The van der Waals surface area contributed by atoms with Gasteiger partial charge in [0.1, 0.15) is 5.69 Å². The van der Waals surface area contributed by atoms with Crippen molar-refractivity contribution in [3.63, 3.8) is 0 Å². The van der Waals surface area contributed by atoms with Gasteiger partial charge in [0.05, 0.1) is 5.69 Å². The number of azo groups is 1. The van der Waals surface area contributed by atoms with Crippen molar-refractivity contribution in [3.8, 4) is 5.75 Å². The Kier molecular flexibility index (Phi) is 6.16. The molecule has 2 rings (SSSR count). The largest absolute Gasteiger partial charge is 0.422 e. The van der Waals surface area contributed by atoms with Gasteiger partial charge in [-0.05, 0) is 18.6 Å². The second kappa shape index (κ2) is 8.53. The molecule has 0 saturated carbocycles. The molecule has 0 saturated heterocycles. The lowest BCUT2D eigenvalue weighted by atomic mass is 10.3. The fourth-order valence-corrected chi connectivity index (χ4v) is 1.90. The topological polar surface area (TPSA) is 119 Å². The van der Waals surface area contributed by atoms with Crippen LogP contribution in [0.1, 0.15) is 26.7 Å². The van der Waals surface area contributed by atoms with Gasteiger partial charge < -0.3 is 15.8 Å². The molecule has 0 atom stereocenters. The van der Waals surface area contributed by atoms with Gasteiger partial charge >= 0.3 is 5.97 Å². The van der Waals surface area contributed by atoms with Gasteiger partial charge in [0.2, 0.25) is 5.91 Å². The molecule has 0 spiro atoms. The SMILES string of the molecule is CCCC(=O)Oc1cc(/N=N/c2ccccc2)c(NC(C)=O)nc1N. The van der Waals surface area contributed by atoms with E-state index in [0.29, 0.717) is 12.1 Å². The first-order valence-electron chi connectivity index (χ1n) is 7.75. The van der Waals surface area contributed by atoms with Gasteiger partial charge in [-0.1, -0.05) is 25.1 Å². The second-order valence-electron chi connectivity index (χ2n) is 5.18. The van der Waals surface area contributed by atoms with E-state index in [4.69, 9.17) is 10.5 Å². The summed E-state index contributed by atoms with van der Waals surface area (Å²) in [5, 5.41) is 10.7. The maximum Gasteiger partial charge on any atom is 0.311 e. The Morgan fingerprint density at radius 1 is 1.24 bits per heavy atom. The number of benzene rings is 1. The minimum absolute atomic E-state index is 0.0214. The monoisotopic (exact) mass is 341 g/mol. The van der Waals surface area contributed by atoms with Crippen LogP contribution in [-0.2, 0) is 9.59 Å². The summed E-state index contributed by atoms with van der Waals surface area (Å²) in [5.41, 5.74) is 6.66. The number of anilines is 2. The Labute approximate surface area is 145 Å². The molecule has 1 heterocycles. The predicted octanol–water partition coefficient (Wildman–Crippen LogP) is 3.74. The minimum atomic E-state index is -0.422. The predicted molar refractivity (Wildman–Crippen MR) is 94.1 cm³/mol. The number of aromatic nitrogens is 1. The summed E-state index contributed by atoms with van der Waals surface area (Å²) in [7, 11) is 0. The molecule has 3 N–H and O–H groups in total. The van der Waals surface area contributed by atoms with Crippen molar-refractivity contribution >= 4 is 34.9 Å². The lowest BCUT2D eigenvalue weighted by molar-refractivity contribution is -0.134. The minimum Gasteiger partial charge on any atom is -0.422 e. The van der Waals surface area contributed by atoms with E-state index in [1.807, 2.05) is 25.1 Å². The summed E-state index contributed by atoms with van der Waals surface area (Å²) in [6, 6.07) is 10.5. The van der Waals surface area contributed by atoms with E-state index in [0.717, 1.165) is 0 Å². The van der Waals surface area contributed by atoms with E-state index in [1.54, 1.807) is 12.1 Å². The average molecular weight is 341 g/mol. The lowest BCUT2D eigenvalue weighted by Crippen LogP contribution is -2.12. The van der Waals surface area contributed by atoms with Crippen LogP contribution < -0.4 is 15.8 Å². The number of hydrogen-bond donors (Lipinski definition) is 2. The quantitative estimate of drug-likeness (QED) is 0.612. The molecule has 0 fully saturated rings. The van der Waals surface area contributed by atoms with Crippen molar-refractivity contribution in [2.24, 2.45) is 10.2 Å². The molecule has 0 radical (unpaired) electrons. The van der Waals surface area contributed by atoms with Crippen molar-refractivity contribution in [2.45, 2.75) is 26.7 Å². The summed E-state index contributed by atoms with van der Waals surface area (Å²) in [6.07, 6.45) is 0.907. The number of nitrogens with two attached hydrogens (primary N) is 1. The van der Waals surface area contributed by atoms with E-state index in [-0.39, 0.29) is 35.4 Å². The van der Waals surface area contributed by atoms with Gasteiger partial charge in [-0.25, -0.2) is 4.98 Å². The van der Waals surface area contributed by atoms with Crippen molar-refractivity contribution < 1.29 is 14.3 Å². The molecular formula is C17H19N5O3. The molecule has 1 aromatic carbocycles. The molecule has 8 heteroatoms. The summed E-state index contributed by atoms with van der Waals surface area (Å²) < 4.78 is 5.20. The van der Waals surface area contributed by atoms with Crippen LogP contribution in [0.2, 0.25) is 0 Å². The number of nitrogen functional groups attached to an aromatic ring is 1. The molecule has 1 aromatic heterocycles. The summed E-state index contributed by atoms with van der Waals surface area (Å²) in [4.78, 5) is 27.1. The molecule has 0 aliphatic rings. The Hall–Kier alpha value is -3.29. The van der Waals surface area contributed by atoms with Gasteiger partial charge in [-0.15, -0.1) is 5.11 Å². The summed E-state index contributed by atoms with van der Waals surface area (Å²) in [5.74, 6) is -0.561. The van der Waals surface area contributed by atoms with Crippen LogP contribution >= 0.6 is 0 Å². The number of rotatable bonds is 6. The Morgan fingerprint density at radius 2 is 1.96 bits per heavy atom. The molecular weight excluding hydrogens is 322 g/mol. The maximum absolute atomic E-state index is 11.7. The van der Waals surface area contributed by atoms with Gasteiger partial charge in [0.25, 0.3) is 0 Å². The number of pyridine rings is 1. The number of nitrogens with zero attached hydrogens (tertiary/aromatic N) is 3. The zero-order valence-electron chi connectivity index (χ0n) is 14.0. The maximum atomic E-state index is 11.7. The number of hydrogen-bond acceptors (Lipinski definition) is 7. The van der Waals surface area contributed by atoms with Gasteiger partial charge in [-0.3, -0.25) is 9.59 Å². The van der Waals surface area contributed by atoms with Gasteiger partial charge in [0, 0.05) is 19.4 Å². The molecule has 130 valence electrons. The first kappa shape index (κ1) is 18.1. The van der Waals surface area contributed by atoms with E-state index in [2.05, 4.69) is 20.5 Å². The molecule has 2 aromatic rings. The van der Waals surface area contributed by atoms with Crippen LogP contribution in [0.3, 0.4) is 0 Å². The Morgan fingerprint density at radius 3 is 2.60 bits per heavy atom. The standard InChI is InChI=1S/C17H19N5O3/c1-3-7-15(24)25-14-10-13(17(19-11(2)23)20-16(14)18)22-21-12-8-5-4-6-9-12/h4-6,8-10H,3,7H2,1-2H3,(H3,18,19,20,23)/b22-21+. The third-order valence-corrected chi connectivity index (χ3v) is 3.00. The number of nitrogens with one attached hydrogen (secondary N) is 1. The average Bonchev–Trinajstić information content (AvgIpc) is 2.57. The van der Waals surface area contributed by atoms with Crippen LogP contribution in [0.25, 0.3) is 0 Å². The van der Waals surface area contributed by atoms with Crippen LogP contribution in [-0.4, -0.2) is 16.9 Å². The molecule has 8 nitrogen and oxygen atoms in total. The van der Waals surface area contributed by atoms with Gasteiger partial charge in [-0.2, -0.15) is 5.11 Å². The summed E-state index contributed by atoms with van der Waals surface area (Å²) >= 11 is 0. The highest BCUT2D eigenvalue weighted by Crippen LogP contribution is 2.33. The first-order valence-corrected chi connectivity index (χ1v) is 7.75. The van der Waals surface area contributed by atoms with Crippen molar-refractivity contribution in [3.05, 3.63) is 36.4 Å². The van der Waals surface area contributed by atoms with E-state index in [9.17, 15) is 9.59 Å². The third-order valence-electron chi connectivity index (χ3n) is 3.00. The third kappa shape index (κ3) is 5.38. The molecule has 25 heavy (non-hydrogen) atoms. The second-order valence-corrected chi connectivity index (χ2v) is 5.18. The zero-order chi connectivity index (χ0) is 18.2.